The van der Waals surface area contributed by atoms with Gasteiger partial charge in [-0.3, -0.25) is 4.03 Å². The number of allylic oxidation sites excluding steroid dienone is 1. The Morgan fingerprint density at radius 1 is 1.19 bits per heavy atom. The molecule has 4 nitrogen and oxygen atoms in total. The van der Waals surface area contributed by atoms with Crippen molar-refractivity contribution >= 4 is 35.5 Å². The number of hydrogen-bond acceptors (Lipinski definition) is 4. The van der Waals surface area contributed by atoms with Gasteiger partial charge in [0.05, 0.1) is 10.7 Å². The highest BCUT2D eigenvalue weighted by atomic mass is 32.3. The minimum Gasteiger partial charge on any atom is -0.385 e. The highest BCUT2D eigenvalue weighted by molar-refractivity contribution is 8.15. The maximum atomic E-state index is 13.0. The quantitative estimate of drug-likeness (QED) is 0.554. The molecule has 154 valence electrons. The summed E-state index contributed by atoms with van der Waals surface area (Å²) in [5.74, 6) is 0. The lowest BCUT2D eigenvalue weighted by Crippen LogP contribution is -2.38. The second-order valence-electron chi connectivity index (χ2n) is 8.94. The lowest BCUT2D eigenvalue weighted by molar-refractivity contribution is 0.129. The first-order valence-corrected chi connectivity index (χ1v) is 15.0. The van der Waals surface area contributed by atoms with Crippen LogP contribution in [-0.2, 0) is 9.92 Å². The zero-order valence-corrected chi connectivity index (χ0v) is 20.6. The number of nitrogens with zero attached hydrogens (tertiary/aromatic N) is 1. The minimum absolute atomic E-state index is 0.0206. The van der Waals surface area contributed by atoms with E-state index in [-0.39, 0.29) is 10.1 Å². The van der Waals surface area contributed by atoms with Crippen molar-refractivity contribution in [2.45, 2.75) is 71.7 Å². The van der Waals surface area contributed by atoms with Crippen molar-refractivity contribution in [1.29, 1.82) is 0 Å². The standard InChI is InChI=1S/C20H36N2O2S2Si/c1-9-17(16-13-11-10-12-14-16)18(20(5,6)23)25-15-26(21,24)22-27(7,8)19(2,3)4/h10-14,23H,9,15H2,1-8H3,(H2,21,22,24)/b18-17+. The number of aliphatic hydroxyl groups is 1. The van der Waals surface area contributed by atoms with Gasteiger partial charge in [-0.15, -0.1) is 11.8 Å². The Labute approximate surface area is 171 Å². The SMILES string of the molecule is CC/C(=C(\SCS(N)(=O)=N[Si](C)(C)C(C)(C)C)C(C)(C)O)c1ccccc1. The Bertz CT molecular complexity index is 782. The normalized spacial score (nSPS) is 16.5. The topological polar surface area (TPSA) is 75.7 Å². The van der Waals surface area contributed by atoms with Crippen LogP contribution in [0.2, 0.25) is 18.1 Å². The molecular weight excluding hydrogens is 392 g/mol. The van der Waals surface area contributed by atoms with Crippen LogP contribution in [0, 0.1) is 0 Å². The van der Waals surface area contributed by atoms with Gasteiger partial charge in [-0.25, -0.2) is 9.35 Å². The lowest BCUT2D eigenvalue weighted by atomic mass is 9.97. The Hall–Kier alpha value is -0.603. The molecule has 3 N–H and O–H groups in total. The van der Waals surface area contributed by atoms with Crippen molar-refractivity contribution in [2.24, 2.45) is 9.17 Å². The van der Waals surface area contributed by atoms with E-state index < -0.39 is 23.8 Å². The maximum absolute atomic E-state index is 13.0. The third-order valence-electron chi connectivity index (χ3n) is 4.90. The second-order valence-corrected chi connectivity index (χ2v) is 17.3. The smallest absolute Gasteiger partial charge is 0.194 e. The summed E-state index contributed by atoms with van der Waals surface area (Å²) >= 11 is 1.37. The molecule has 0 saturated carbocycles. The van der Waals surface area contributed by atoms with Gasteiger partial charge in [0.1, 0.15) is 9.92 Å². The van der Waals surface area contributed by atoms with Crippen LogP contribution in [0.25, 0.3) is 5.57 Å². The molecule has 0 aromatic heterocycles. The molecule has 0 fully saturated rings. The van der Waals surface area contributed by atoms with E-state index >= 15 is 0 Å². The van der Waals surface area contributed by atoms with Gasteiger partial charge in [-0.05, 0) is 49.5 Å². The van der Waals surface area contributed by atoms with Gasteiger partial charge in [-0.2, -0.15) is 0 Å². The summed E-state index contributed by atoms with van der Waals surface area (Å²) in [5, 5.41) is 17.1. The molecule has 0 amide bonds. The number of thioether (sulfide) groups is 1. The highest BCUT2D eigenvalue weighted by Gasteiger charge is 2.37. The zero-order chi connectivity index (χ0) is 21.1. The summed E-state index contributed by atoms with van der Waals surface area (Å²) in [6, 6.07) is 10.0. The minimum atomic E-state index is -2.85. The Balaban J connectivity index is 3.31. The summed E-state index contributed by atoms with van der Waals surface area (Å²) in [7, 11) is -4.97. The molecule has 0 aliphatic carbocycles. The van der Waals surface area contributed by atoms with E-state index in [1.54, 1.807) is 13.8 Å². The average molecular weight is 429 g/mol. The fourth-order valence-corrected chi connectivity index (χ4v) is 9.27. The van der Waals surface area contributed by atoms with Crippen LogP contribution in [-0.4, -0.2) is 28.2 Å². The fourth-order valence-electron chi connectivity index (χ4n) is 2.46. The molecular formula is C20H36N2O2S2Si. The van der Waals surface area contributed by atoms with Crippen LogP contribution in [0.15, 0.2) is 39.3 Å². The van der Waals surface area contributed by atoms with Gasteiger partial charge >= 0.3 is 0 Å². The van der Waals surface area contributed by atoms with E-state index in [0.717, 1.165) is 22.5 Å². The van der Waals surface area contributed by atoms with Gasteiger partial charge in [0, 0.05) is 4.91 Å². The van der Waals surface area contributed by atoms with Gasteiger partial charge in [0.15, 0.2) is 8.24 Å². The van der Waals surface area contributed by atoms with Gasteiger partial charge < -0.3 is 5.11 Å². The maximum Gasteiger partial charge on any atom is 0.194 e. The largest absolute Gasteiger partial charge is 0.385 e. The van der Waals surface area contributed by atoms with Crippen molar-refractivity contribution in [1.82, 2.24) is 0 Å². The molecule has 27 heavy (non-hydrogen) atoms. The molecule has 1 unspecified atom stereocenters. The second kappa shape index (κ2) is 8.82. The van der Waals surface area contributed by atoms with E-state index in [1.165, 1.54) is 11.8 Å². The molecule has 0 aliphatic rings. The molecule has 1 atom stereocenters. The summed E-state index contributed by atoms with van der Waals surface area (Å²) in [6.45, 7) is 16.1. The molecule has 7 heteroatoms. The van der Waals surface area contributed by atoms with Crippen LogP contribution in [0.4, 0.5) is 0 Å². The fraction of sp³-hybridized carbons (Fsp3) is 0.600. The summed E-state index contributed by atoms with van der Waals surface area (Å²) < 4.78 is 17.7. The Morgan fingerprint density at radius 2 is 1.70 bits per heavy atom. The van der Waals surface area contributed by atoms with E-state index in [1.807, 2.05) is 30.3 Å². The first-order valence-electron chi connectivity index (χ1n) is 9.28. The Kier molecular flexibility index (Phi) is 7.98. The third kappa shape index (κ3) is 7.05. The summed E-state index contributed by atoms with van der Waals surface area (Å²) in [6.07, 6.45) is 0.765. The predicted octanol–water partition coefficient (Wildman–Crippen LogP) is 5.62. The number of hydrogen-bond donors (Lipinski definition) is 2. The van der Waals surface area contributed by atoms with E-state index in [9.17, 15) is 9.32 Å². The summed E-state index contributed by atoms with van der Waals surface area (Å²) in [5.41, 5.74) is 1.07. The number of rotatable bonds is 7. The molecule has 0 bridgehead atoms. The lowest BCUT2D eigenvalue weighted by Gasteiger charge is -2.33. The third-order valence-corrected chi connectivity index (χ3v) is 14.5. The van der Waals surface area contributed by atoms with Crippen molar-refractivity contribution < 1.29 is 9.32 Å². The number of benzene rings is 1. The van der Waals surface area contributed by atoms with Crippen LogP contribution >= 0.6 is 11.8 Å². The van der Waals surface area contributed by atoms with Crippen molar-refractivity contribution in [3.8, 4) is 0 Å². The van der Waals surface area contributed by atoms with Gasteiger partial charge in [-0.1, -0.05) is 58.0 Å². The predicted molar refractivity (Wildman–Crippen MR) is 124 cm³/mol. The molecule has 1 aromatic rings. The van der Waals surface area contributed by atoms with Crippen LogP contribution in [0.5, 0.6) is 0 Å². The molecule has 1 rings (SSSR count). The van der Waals surface area contributed by atoms with E-state index in [4.69, 9.17) is 5.14 Å². The molecule has 0 radical (unpaired) electrons. The molecule has 0 aliphatic heterocycles. The van der Waals surface area contributed by atoms with Crippen LogP contribution < -0.4 is 5.14 Å². The first kappa shape index (κ1) is 24.4. The average Bonchev–Trinajstić information content (AvgIpc) is 2.48. The zero-order valence-electron chi connectivity index (χ0n) is 18.0. The Morgan fingerprint density at radius 3 is 2.11 bits per heavy atom. The molecule has 1 aromatic carbocycles. The van der Waals surface area contributed by atoms with Crippen molar-refractivity contribution in [3.63, 3.8) is 0 Å². The number of nitrogens with two attached hydrogens (primary N) is 1. The monoisotopic (exact) mass is 428 g/mol. The van der Waals surface area contributed by atoms with Crippen LogP contribution in [0.1, 0.15) is 53.5 Å². The summed E-state index contributed by atoms with van der Waals surface area (Å²) in [4.78, 5) is 0.805. The van der Waals surface area contributed by atoms with Gasteiger partial charge in [0.2, 0.25) is 0 Å². The van der Waals surface area contributed by atoms with Crippen molar-refractivity contribution in [3.05, 3.63) is 40.8 Å². The van der Waals surface area contributed by atoms with E-state index in [0.29, 0.717) is 0 Å². The molecule has 0 spiro atoms. The molecule has 0 saturated heterocycles. The van der Waals surface area contributed by atoms with E-state index in [2.05, 4.69) is 44.8 Å². The highest BCUT2D eigenvalue weighted by Crippen LogP contribution is 2.39. The van der Waals surface area contributed by atoms with Gasteiger partial charge in [0.25, 0.3) is 0 Å². The first-order chi connectivity index (χ1) is 12.1. The van der Waals surface area contributed by atoms with Crippen LogP contribution in [0.3, 0.4) is 0 Å². The van der Waals surface area contributed by atoms with Crippen molar-refractivity contribution in [2.75, 3.05) is 5.08 Å². The molecule has 0 heterocycles.